The summed E-state index contributed by atoms with van der Waals surface area (Å²) in [6.07, 6.45) is 4.71. The minimum Gasteiger partial charge on any atom is -0.396 e. The lowest BCUT2D eigenvalue weighted by atomic mass is 10.00. The van der Waals surface area contributed by atoms with Gasteiger partial charge in [-0.15, -0.1) is 0 Å². The molecule has 4 N–H and O–H groups in total. The van der Waals surface area contributed by atoms with Gasteiger partial charge in [-0.25, -0.2) is 9.97 Å². The normalized spacial score (nSPS) is 15.9. The van der Waals surface area contributed by atoms with Crippen molar-refractivity contribution in [2.75, 3.05) is 25.4 Å². The standard InChI is InChI=1S/C24H28N6O2/c1-16-5-7-17(8-6-16)20-19(13-18(14-25)24(32)29-9-2-3-10-29)30(11-4-12-31)23-21(20)22(26)27-15-28-23/h5-8,13,15,24,31-32H,2-4,9-12H2,1H3,(H2,26,27,28). The van der Waals surface area contributed by atoms with Crippen LogP contribution in [-0.2, 0) is 6.54 Å². The Bertz CT molecular complexity index is 1170. The topological polar surface area (TPSA) is 124 Å². The zero-order valence-corrected chi connectivity index (χ0v) is 18.2. The summed E-state index contributed by atoms with van der Waals surface area (Å²) in [4.78, 5) is 10.6. The van der Waals surface area contributed by atoms with E-state index in [1.807, 2.05) is 40.7 Å². The first kappa shape index (κ1) is 22.0. The molecule has 8 heteroatoms. The third-order valence-corrected chi connectivity index (χ3v) is 5.98. The summed E-state index contributed by atoms with van der Waals surface area (Å²) in [6.45, 7) is 4.05. The van der Waals surface area contributed by atoms with Crippen LogP contribution in [0, 0.1) is 18.3 Å². The predicted octanol–water partition coefficient (Wildman–Crippen LogP) is 2.69. The average molecular weight is 433 g/mol. The molecule has 0 amide bonds. The summed E-state index contributed by atoms with van der Waals surface area (Å²) in [5.41, 5.74) is 10.8. The highest BCUT2D eigenvalue weighted by molar-refractivity contribution is 6.04. The average Bonchev–Trinajstić information content (AvgIpc) is 3.44. The first-order chi connectivity index (χ1) is 15.5. The molecule has 1 fully saturated rings. The molecule has 2 aromatic heterocycles. The second kappa shape index (κ2) is 9.49. The summed E-state index contributed by atoms with van der Waals surface area (Å²) in [5.74, 6) is 0.349. The number of nitrogens with two attached hydrogens (primary N) is 1. The number of rotatable bonds is 7. The quantitative estimate of drug-likeness (QED) is 0.490. The van der Waals surface area contributed by atoms with Gasteiger partial charge < -0.3 is 20.5 Å². The fraction of sp³-hybridized carbons (Fsp3) is 0.375. The molecule has 1 aliphatic rings. The molecule has 0 radical (unpaired) electrons. The Kier molecular flexibility index (Phi) is 6.51. The van der Waals surface area contributed by atoms with Crippen molar-refractivity contribution in [2.45, 2.75) is 39.0 Å². The molecular formula is C24H28N6O2. The van der Waals surface area contributed by atoms with Crippen LogP contribution < -0.4 is 5.73 Å². The van der Waals surface area contributed by atoms with Crippen molar-refractivity contribution in [1.29, 1.82) is 5.26 Å². The largest absolute Gasteiger partial charge is 0.396 e. The van der Waals surface area contributed by atoms with Gasteiger partial charge in [-0.05, 0) is 37.8 Å². The molecule has 1 aliphatic heterocycles. The Morgan fingerprint density at radius 2 is 1.97 bits per heavy atom. The van der Waals surface area contributed by atoms with E-state index in [1.54, 1.807) is 6.08 Å². The van der Waals surface area contributed by atoms with Crippen molar-refractivity contribution in [3.8, 4) is 17.2 Å². The van der Waals surface area contributed by atoms with Crippen LogP contribution in [0.2, 0.25) is 0 Å². The number of aromatic nitrogens is 3. The molecule has 1 atom stereocenters. The molecule has 32 heavy (non-hydrogen) atoms. The zero-order valence-electron chi connectivity index (χ0n) is 18.2. The highest BCUT2D eigenvalue weighted by Crippen LogP contribution is 2.38. The lowest BCUT2D eigenvalue weighted by Crippen LogP contribution is -2.33. The number of nitriles is 1. The third kappa shape index (κ3) is 4.10. The molecule has 0 saturated carbocycles. The second-order valence-electron chi connectivity index (χ2n) is 8.14. The van der Waals surface area contributed by atoms with Crippen molar-refractivity contribution in [3.05, 3.63) is 47.4 Å². The SMILES string of the molecule is Cc1ccc(-c2c(C=C(C#N)C(O)N3CCCC3)n(CCCO)c3ncnc(N)c23)cc1. The van der Waals surface area contributed by atoms with Crippen LogP contribution >= 0.6 is 0 Å². The smallest absolute Gasteiger partial charge is 0.146 e. The first-order valence-corrected chi connectivity index (χ1v) is 10.9. The molecule has 8 nitrogen and oxygen atoms in total. The van der Waals surface area contributed by atoms with E-state index >= 15 is 0 Å². The molecule has 0 aliphatic carbocycles. The van der Waals surface area contributed by atoms with Crippen molar-refractivity contribution in [3.63, 3.8) is 0 Å². The molecule has 4 rings (SSSR count). The maximum atomic E-state index is 10.9. The molecule has 0 bridgehead atoms. The van der Waals surface area contributed by atoms with Crippen LogP contribution in [0.3, 0.4) is 0 Å². The van der Waals surface area contributed by atoms with E-state index in [9.17, 15) is 15.5 Å². The van der Waals surface area contributed by atoms with E-state index in [1.165, 1.54) is 6.33 Å². The van der Waals surface area contributed by atoms with Crippen LogP contribution in [0.5, 0.6) is 0 Å². The van der Waals surface area contributed by atoms with E-state index in [-0.39, 0.29) is 12.2 Å². The Hall–Kier alpha value is -3.25. The Labute approximate surface area is 187 Å². The second-order valence-corrected chi connectivity index (χ2v) is 8.14. The number of nitrogen functional groups attached to an aromatic ring is 1. The van der Waals surface area contributed by atoms with E-state index in [0.29, 0.717) is 29.8 Å². The monoisotopic (exact) mass is 432 g/mol. The number of hydrogen-bond acceptors (Lipinski definition) is 7. The number of anilines is 1. The molecule has 166 valence electrons. The van der Waals surface area contributed by atoms with Gasteiger partial charge in [0.25, 0.3) is 0 Å². The summed E-state index contributed by atoms with van der Waals surface area (Å²) >= 11 is 0. The lowest BCUT2D eigenvalue weighted by Gasteiger charge is -2.22. The number of likely N-dealkylation sites (tertiary alicyclic amines) is 1. The van der Waals surface area contributed by atoms with Gasteiger partial charge in [-0.2, -0.15) is 5.26 Å². The first-order valence-electron chi connectivity index (χ1n) is 10.9. The van der Waals surface area contributed by atoms with Gasteiger partial charge in [0, 0.05) is 31.8 Å². The summed E-state index contributed by atoms with van der Waals surface area (Å²) < 4.78 is 1.95. The third-order valence-electron chi connectivity index (χ3n) is 5.98. The zero-order chi connectivity index (χ0) is 22.7. The molecule has 3 heterocycles. The van der Waals surface area contributed by atoms with Crippen LogP contribution in [0.15, 0.2) is 36.2 Å². The van der Waals surface area contributed by atoms with E-state index in [4.69, 9.17) is 5.73 Å². The van der Waals surface area contributed by atoms with Crippen LogP contribution in [0.1, 0.15) is 30.5 Å². The number of aliphatic hydroxyl groups is 2. The fourth-order valence-electron chi connectivity index (χ4n) is 4.32. The number of benzene rings is 1. The number of nitrogens with zero attached hydrogens (tertiary/aromatic N) is 5. The van der Waals surface area contributed by atoms with Gasteiger partial charge in [0.05, 0.1) is 22.7 Å². The highest BCUT2D eigenvalue weighted by Gasteiger charge is 2.26. The highest BCUT2D eigenvalue weighted by atomic mass is 16.3. The minimum atomic E-state index is -0.971. The van der Waals surface area contributed by atoms with Crippen molar-refractivity contribution in [2.24, 2.45) is 0 Å². The predicted molar refractivity (Wildman–Crippen MR) is 124 cm³/mol. The molecular weight excluding hydrogens is 404 g/mol. The maximum absolute atomic E-state index is 10.9. The van der Waals surface area contributed by atoms with Gasteiger partial charge in [0.15, 0.2) is 0 Å². The van der Waals surface area contributed by atoms with Crippen LogP contribution in [0.25, 0.3) is 28.2 Å². The summed E-state index contributed by atoms with van der Waals surface area (Å²) in [7, 11) is 0. The van der Waals surface area contributed by atoms with Crippen LogP contribution in [-0.4, -0.2) is 55.6 Å². The lowest BCUT2D eigenvalue weighted by molar-refractivity contribution is 0.0557. The van der Waals surface area contributed by atoms with Gasteiger partial charge in [0.1, 0.15) is 24.0 Å². The molecule has 1 unspecified atom stereocenters. The fourth-order valence-corrected chi connectivity index (χ4v) is 4.32. The van der Waals surface area contributed by atoms with E-state index in [0.717, 1.165) is 48.3 Å². The van der Waals surface area contributed by atoms with Gasteiger partial charge in [0.2, 0.25) is 0 Å². The number of fused-ring (bicyclic) bond motifs is 1. The summed E-state index contributed by atoms with van der Waals surface area (Å²) in [5, 5.41) is 31.0. The Morgan fingerprint density at radius 1 is 1.25 bits per heavy atom. The Balaban J connectivity index is 1.98. The molecule has 0 spiro atoms. The van der Waals surface area contributed by atoms with Gasteiger partial charge in [-0.3, -0.25) is 4.90 Å². The summed E-state index contributed by atoms with van der Waals surface area (Å²) in [6, 6.07) is 10.2. The number of aliphatic hydroxyl groups excluding tert-OH is 2. The molecule has 1 saturated heterocycles. The van der Waals surface area contributed by atoms with Crippen molar-refractivity contribution in [1.82, 2.24) is 19.4 Å². The van der Waals surface area contributed by atoms with Crippen LogP contribution in [0.4, 0.5) is 5.82 Å². The van der Waals surface area contributed by atoms with E-state index in [2.05, 4.69) is 16.0 Å². The van der Waals surface area contributed by atoms with Crippen molar-refractivity contribution < 1.29 is 10.2 Å². The van der Waals surface area contributed by atoms with Gasteiger partial charge in [-0.1, -0.05) is 29.8 Å². The van der Waals surface area contributed by atoms with Gasteiger partial charge >= 0.3 is 0 Å². The number of hydrogen-bond donors (Lipinski definition) is 3. The maximum Gasteiger partial charge on any atom is 0.146 e. The molecule has 3 aromatic rings. The minimum absolute atomic E-state index is 0.0186. The van der Waals surface area contributed by atoms with Crippen molar-refractivity contribution >= 4 is 22.9 Å². The number of aryl methyl sites for hydroxylation is 2. The van der Waals surface area contributed by atoms with E-state index < -0.39 is 6.23 Å². The molecule has 1 aromatic carbocycles. The Morgan fingerprint density at radius 3 is 2.62 bits per heavy atom.